The largest absolute Gasteiger partial charge is 0.333 e. The summed E-state index contributed by atoms with van der Waals surface area (Å²) in [6.07, 6.45) is 0.271. The van der Waals surface area contributed by atoms with Crippen LogP contribution in [-0.2, 0) is 19.6 Å². The molecule has 8 nitrogen and oxygen atoms in total. The molecule has 0 aliphatic heterocycles. The number of fused-ring (bicyclic) bond motifs is 1. The van der Waals surface area contributed by atoms with Gasteiger partial charge < -0.3 is 10.3 Å². The predicted octanol–water partition coefficient (Wildman–Crippen LogP) is 2.51. The van der Waals surface area contributed by atoms with E-state index >= 15 is 0 Å². The van der Waals surface area contributed by atoms with Gasteiger partial charge in [0.05, 0.1) is 15.9 Å². The van der Waals surface area contributed by atoms with Gasteiger partial charge in [-0.2, -0.15) is 0 Å². The summed E-state index contributed by atoms with van der Waals surface area (Å²) < 4.78 is 25.7. The van der Waals surface area contributed by atoms with Gasteiger partial charge in [0.2, 0.25) is 11.8 Å². The molecule has 0 saturated heterocycles. The number of amides is 2. The molecule has 0 spiro atoms. The first-order chi connectivity index (χ1) is 13.3. The summed E-state index contributed by atoms with van der Waals surface area (Å²) in [7, 11) is -3.89. The lowest BCUT2D eigenvalue weighted by molar-refractivity contribution is -0.117. The van der Waals surface area contributed by atoms with Gasteiger partial charge in [-0.05, 0) is 36.4 Å². The van der Waals surface area contributed by atoms with Gasteiger partial charge >= 0.3 is 0 Å². The first-order valence-corrected chi connectivity index (χ1v) is 10.8. The van der Waals surface area contributed by atoms with Crippen LogP contribution in [0.15, 0.2) is 58.6 Å². The molecule has 0 aliphatic carbocycles. The quantitative estimate of drug-likeness (QED) is 0.507. The number of aromatic nitrogens is 2. The molecule has 28 heavy (non-hydrogen) atoms. The summed E-state index contributed by atoms with van der Waals surface area (Å²) in [5.41, 5.74) is 2.30. The second kappa shape index (κ2) is 8.44. The number of imidazole rings is 1. The van der Waals surface area contributed by atoms with Crippen LogP contribution >= 0.6 is 11.8 Å². The molecule has 0 unspecified atom stereocenters. The van der Waals surface area contributed by atoms with E-state index in [0.29, 0.717) is 11.4 Å². The first kappa shape index (κ1) is 19.9. The minimum atomic E-state index is -3.89. The van der Waals surface area contributed by atoms with Crippen molar-refractivity contribution in [2.75, 3.05) is 11.1 Å². The van der Waals surface area contributed by atoms with Crippen molar-refractivity contribution in [1.29, 1.82) is 0 Å². The van der Waals surface area contributed by atoms with E-state index in [2.05, 4.69) is 15.3 Å². The number of nitrogens with one attached hydrogen (secondary N) is 3. The highest BCUT2D eigenvalue weighted by Gasteiger charge is 2.15. The molecule has 1 heterocycles. The summed E-state index contributed by atoms with van der Waals surface area (Å²) in [6.45, 7) is 1.12. The van der Waals surface area contributed by atoms with E-state index < -0.39 is 15.9 Å². The molecular weight excluding hydrogens is 400 g/mol. The molecule has 1 aromatic heterocycles. The number of benzene rings is 2. The number of hydrogen-bond acceptors (Lipinski definition) is 6. The maximum atomic E-state index is 12.1. The van der Waals surface area contributed by atoms with E-state index in [0.717, 1.165) is 23.1 Å². The van der Waals surface area contributed by atoms with Crippen molar-refractivity contribution in [3.8, 4) is 0 Å². The Hall–Kier alpha value is -2.85. The Morgan fingerprint density at radius 1 is 1.11 bits per heavy atom. The minimum absolute atomic E-state index is 0.0545. The summed E-state index contributed by atoms with van der Waals surface area (Å²) in [5, 5.41) is 3.46. The van der Waals surface area contributed by atoms with E-state index in [-0.39, 0.29) is 17.2 Å². The Balaban J connectivity index is 1.51. The Morgan fingerprint density at radius 3 is 2.50 bits per heavy atom. The van der Waals surface area contributed by atoms with Crippen molar-refractivity contribution >= 4 is 50.3 Å². The van der Waals surface area contributed by atoms with Crippen LogP contribution in [0.3, 0.4) is 0 Å². The lowest BCUT2D eigenvalue weighted by Crippen LogP contribution is -2.28. The molecule has 3 N–H and O–H groups in total. The fourth-order valence-corrected chi connectivity index (χ4v) is 4.24. The molecule has 0 aliphatic rings. The zero-order chi connectivity index (χ0) is 20.1. The van der Waals surface area contributed by atoms with E-state index in [9.17, 15) is 18.0 Å². The van der Waals surface area contributed by atoms with Crippen molar-refractivity contribution in [1.82, 2.24) is 14.7 Å². The van der Waals surface area contributed by atoms with Crippen LogP contribution in [0.2, 0.25) is 0 Å². The molecule has 0 saturated carbocycles. The first-order valence-electron chi connectivity index (χ1n) is 8.34. The molecule has 3 aromatic rings. The number of nitrogens with zero attached hydrogens (tertiary/aromatic N) is 1. The van der Waals surface area contributed by atoms with Crippen LogP contribution in [0.25, 0.3) is 11.0 Å². The van der Waals surface area contributed by atoms with Crippen LogP contribution in [0.4, 0.5) is 5.69 Å². The third kappa shape index (κ3) is 5.11. The van der Waals surface area contributed by atoms with Crippen LogP contribution in [0, 0.1) is 0 Å². The summed E-state index contributed by atoms with van der Waals surface area (Å²) >= 11 is 1.45. The molecule has 0 bridgehead atoms. The molecule has 0 fully saturated rings. The molecule has 10 heteroatoms. The lowest BCUT2D eigenvalue weighted by atomic mass is 10.3. The van der Waals surface area contributed by atoms with E-state index in [4.69, 9.17) is 0 Å². The maximum Gasteiger partial charge on any atom is 0.264 e. The summed E-state index contributed by atoms with van der Waals surface area (Å²) in [4.78, 5) is 30.6. The van der Waals surface area contributed by atoms with Gasteiger partial charge in [0.15, 0.2) is 5.16 Å². The maximum absolute atomic E-state index is 12.1. The Morgan fingerprint density at radius 2 is 1.82 bits per heavy atom. The van der Waals surface area contributed by atoms with Crippen molar-refractivity contribution in [2.45, 2.75) is 23.4 Å². The summed E-state index contributed by atoms with van der Waals surface area (Å²) in [6, 6.07) is 13.3. The topological polar surface area (TPSA) is 121 Å². The number of carbonyl (C=O) groups is 2. The fraction of sp³-hybridized carbons (Fsp3) is 0.167. The zero-order valence-electron chi connectivity index (χ0n) is 14.9. The number of aromatic amines is 1. The molecule has 0 radical (unpaired) electrons. The molecule has 2 amide bonds. The molecule has 3 rings (SSSR count). The second-order valence-corrected chi connectivity index (χ2v) is 8.66. The number of sulfonamides is 1. The highest BCUT2D eigenvalue weighted by atomic mass is 32.2. The van der Waals surface area contributed by atoms with Gasteiger partial charge in [-0.15, -0.1) is 0 Å². The van der Waals surface area contributed by atoms with Gasteiger partial charge in [-0.3, -0.25) is 9.59 Å². The normalized spacial score (nSPS) is 11.3. The van der Waals surface area contributed by atoms with Crippen LogP contribution < -0.4 is 10.0 Å². The number of rotatable bonds is 7. The Kier molecular flexibility index (Phi) is 6.00. The van der Waals surface area contributed by atoms with Gasteiger partial charge in [0.25, 0.3) is 10.0 Å². The van der Waals surface area contributed by atoms with Gasteiger partial charge in [-0.25, -0.2) is 18.1 Å². The van der Waals surface area contributed by atoms with Gasteiger partial charge in [-0.1, -0.05) is 23.9 Å². The number of anilines is 1. The molecule has 2 aromatic carbocycles. The van der Waals surface area contributed by atoms with Crippen LogP contribution in [0.1, 0.15) is 13.3 Å². The Bertz CT molecular complexity index is 1080. The highest BCUT2D eigenvalue weighted by Crippen LogP contribution is 2.20. The highest BCUT2D eigenvalue weighted by molar-refractivity contribution is 7.99. The number of thioether (sulfide) groups is 1. The van der Waals surface area contributed by atoms with Crippen molar-refractivity contribution in [3.05, 3.63) is 48.5 Å². The van der Waals surface area contributed by atoms with Crippen LogP contribution in [-0.4, -0.2) is 36.0 Å². The molecule has 0 atom stereocenters. The van der Waals surface area contributed by atoms with E-state index in [1.54, 1.807) is 0 Å². The third-order valence-corrected chi connectivity index (χ3v) is 5.99. The average Bonchev–Trinajstić information content (AvgIpc) is 3.04. The van der Waals surface area contributed by atoms with Crippen molar-refractivity contribution in [3.63, 3.8) is 0 Å². The van der Waals surface area contributed by atoms with Crippen molar-refractivity contribution in [2.24, 2.45) is 0 Å². The zero-order valence-corrected chi connectivity index (χ0v) is 16.6. The fourth-order valence-electron chi connectivity index (χ4n) is 2.43. The second-order valence-electron chi connectivity index (χ2n) is 5.89. The SMILES string of the molecule is CC(=O)NS(=O)(=O)c1ccc(NC(=O)CCSc2nc3ccccc3[nH]2)cc1. The van der Waals surface area contributed by atoms with Crippen LogP contribution in [0.5, 0.6) is 0 Å². The smallest absolute Gasteiger partial charge is 0.264 e. The summed E-state index contributed by atoms with van der Waals surface area (Å²) in [5.74, 6) is -0.318. The van der Waals surface area contributed by atoms with Crippen molar-refractivity contribution < 1.29 is 18.0 Å². The number of hydrogen-bond donors (Lipinski definition) is 3. The minimum Gasteiger partial charge on any atom is -0.333 e. The lowest BCUT2D eigenvalue weighted by Gasteiger charge is -2.07. The number of para-hydroxylation sites is 2. The standard InChI is InChI=1S/C18H18N4O4S2/c1-12(23)22-28(25,26)14-8-6-13(7-9-14)19-17(24)10-11-27-18-20-15-4-2-3-5-16(15)21-18/h2-9H,10-11H2,1H3,(H,19,24)(H,20,21)(H,22,23). The third-order valence-electron chi connectivity index (χ3n) is 3.66. The van der Waals surface area contributed by atoms with Gasteiger partial charge in [0.1, 0.15) is 0 Å². The van der Waals surface area contributed by atoms with E-state index in [1.165, 1.54) is 36.0 Å². The number of carbonyl (C=O) groups excluding carboxylic acids is 2. The average molecular weight is 419 g/mol. The number of H-pyrrole nitrogens is 1. The molecule has 146 valence electrons. The predicted molar refractivity (Wildman–Crippen MR) is 108 cm³/mol. The monoisotopic (exact) mass is 418 g/mol. The van der Waals surface area contributed by atoms with Gasteiger partial charge in [0, 0.05) is 24.8 Å². The van der Waals surface area contributed by atoms with E-state index in [1.807, 2.05) is 29.0 Å². The Labute approximate surface area is 166 Å². The molecular formula is C18H18N4O4S2.